The lowest BCUT2D eigenvalue weighted by atomic mass is 10.0. The highest BCUT2D eigenvalue weighted by Crippen LogP contribution is 2.49. The van der Waals surface area contributed by atoms with Crippen LogP contribution >= 0.6 is 24.8 Å². The Morgan fingerprint density at radius 1 is 1.31 bits per heavy atom. The van der Waals surface area contributed by atoms with Gasteiger partial charge in [0, 0.05) is 6.42 Å². The van der Waals surface area contributed by atoms with Crippen LogP contribution in [-0.2, 0) is 14.3 Å². The summed E-state index contributed by atoms with van der Waals surface area (Å²) >= 11 is 0. The topological polar surface area (TPSA) is 63.6 Å². The van der Waals surface area contributed by atoms with Crippen LogP contribution in [0.15, 0.2) is 0 Å². The molecule has 0 spiro atoms. The molecule has 4 nitrogen and oxygen atoms in total. The van der Waals surface area contributed by atoms with Gasteiger partial charge in [0.2, 0.25) is 0 Å². The van der Waals surface area contributed by atoms with Crippen LogP contribution in [-0.4, -0.2) is 23.1 Å². The molecule has 0 amide bonds. The number of carboxylic acid groups (broad SMARTS) is 1. The second-order valence-corrected chi connectivity index (χ2v) is 4.12. The van der Waals surface area contributed by atoms with Gasteiger partial charge in [0.1, 0.15) is 0 Å². The van der Waals surface area contributed by atoms with Gasteiger partial charge in [-0.3, -0.25) is 9.59 Å². The molecule has 6 heteroatoms. The van der Waals surface area contributed by atoms with Gasteiger partial charge in [-0.05, 0) is 33.1 Å². The van der Waals surface area contributed by atoms with Crippen LogP contribution in [0, 0.1) is 5.41 Å². The Labute approximate surface area is 108 Å². The largest absolute Gasteiger partial charge is 0.481 e. The molecule has 0 bridgehead atoms. The average molecular weight is 273 g/mol. The predicted octanol–water partition coefficient (Wildman–Crippen LogP) is 2.43. The van der Waals surface area contributed by atoms with Crippen LogP contribution < -0.4 is 0 Å². The Hall–Kier alpha value is -0.480. The van der Waals surface area contributed by atoms with Crippen molar-refractivity contribution in [1.29, 1.82) is 0 Å². The Bertz CT molecular complexity index is 249. The summed E-state index contributed by atoms with van der Waals surface area (Å²) in [6.07, 6.45) is 1.88. The van der Waals surface area contributed by atoms with E-state index in [0.717, 1.165) is 0 Å². The normalized spacial score (nSPS) is 15.7. The van der Waals surface area contributed by atoms with Crippen molar-refractivity contribution in [3.63, 3.8) is 0 Å². The Morgan fingerprint density at radius 3 is 2.12 bits per heavy atom. The molecule has 0 aromatic heterocycles. The molecule has 1 fully saturated rings. The molecule has 0 atom stereocenters. The summed E-state index contributed by atoms with van der Waals surface area (Å²) in [5, 5.41) is 8.85. The Kier molecular flexibility index (Phi) is 7.79. The van der Waals surface area contributed by atoms with Crippen molar-refractivity contribution in [2.24, 2.45) is 5.41 Å². The molecule has 1 aliphatic carbocycles. The van der Waals surface area contributed by atoms with E-state index in [4.69, 9.17) is 9.84 Å². The molecule has 1 N–H and O–H groups in total. The molecule has 0 aliphatic heterocycles. The quantitative estimate of drug-likeness (QED) is 0.781. The zero-order valence-corrected chi connectivity index (χ0v) is 11.0. The lowest BCUT2D eigenvalue weighted by molar-refractivity contribution is -0.149. The van der Waals surface area contributed by atoms with Crippen LogP contribution in [0.1, 0.15) is 39.5 Å². The van der Waals surface area contributed by atoms with Gasteiger partial charge in [0.25, 0.3) is 0 Å². The number of rotatable bonds is 5. The van der Waals surface area contributed by atoms with Gasteiger partial charge < -0.3 is 9.84 Å². The van der Waals surface area contributed by atoms with E-state index in [0.29, 0.717) is 19.3 Å². The first-order valence-corrected chi connectivity index (χ1v) is 4.89. The van der Waals surface area contributed by atoms with Crippen molar-refractivity contribution in [1.82, 2.24) is 0 Å². The molecular weight excluding hydrogens is 255 g/mol. The van der Waals surface area contributed by atoms with Gasteiger partial charge in [-0.1, -0.05) is 0 Å². The standard InChI is InChI=1S/C10H16O4.2ClH/c1-7(2)14-8(11)3-4-10(5-6-10)9(12)13;;/h7H,3-6H2,1-2H3,(H,12,13);2*1H. The van der Waals surface area contributed by atoms with E-state index in [1.807, 2.05) is 0 Å². The minimum absolute atomic E-state index is 0. The fourth-order valence-corrected chi connectivity index (χ4v) is 1.38. The van der Waals surface area contributed by atoms with Crippen molar-refractivity contribution in [3.05, 3.63) is 0 Å². The van der Waals surface area contributed by atoms with E-state index in [2.05, 4.69) is 0 Å². The molecule has 0 saturated heterocycles. The number of ether oxygens (including phenoxy) is 1. The third kappa shape index (κ3) is 5.03. The summed E-state index contributed by atoms with van der Waals surface area (Å²) < 4.78 is 4.92. The maximum absolute atomic E-state index is 11.1. The first-order chi connectivity index (χ1) is 6.46. The van der Waals surface area contributed by atoms with Crippen LogP contribution in [0.2, 0.25) is 0 Å². The minimum Gasteiger partial charge on any atom is -0.481 e. The van der Waals surface area contributed by atoms with Crippen molar-refractivity contribution >= 4 is 36.8 Å². The number of hydrogen-bond donors (Lipinski definition) is 1. The Morgan fingerprint density at radius 2 is 1.81 bits per heavy atom. The van der Waals surface area contributed by atoms with Crippen molar-refractivity contribution < 1.29 is 19.4 Å². The molecule has 96 valence electrons. The second-order valence-electron chi connectivity index (χ2n) is 4.12. The van der Waals surface area contributed by atoms with E-state index < -0.39 is 11.4 Å². The van der Waals surface area contributed by atoms with Crippen LogP contribution in [0.4, 0.5) is 0 Å². The van der Waals surface area contributed by atoms with Gasteiger partial charge in [-0.25, -0.2) is 0 Å². The molecule has 0 radical (unpaired) electrons. The maximum Gasteiger partial charge on any atom is 0.309 e. The highest BCUT2D eigenvalue weighted by atomic mass is 35.5. The first kappa shape index (κ1) is 17.9. The zero-order chi connectivity index (χ0) is 10.8. The number of hydrogen-bond acceptors (Lipinski definition) is 3. The molecule has 16 heavy (non-hydrogen) atoms. The molecule has 1 saturated carbocycles. The summed E-state index contributed by atoms with van der Waals surface area (Å²) in [5.41, 5.74) is -0.615. The SMILES string of the molecule is CC(C)OC(=O)CCC1(C(=O)O)CC1.Cl.Cl. The number of halogens is 2. The van der Waals surface area contributed by atoms with E-state index in [-0.39, 0.29) is 43.3 Å². The van der Waals surface area contributed by atoms with E-state index in [1.165, 1.54) is 0 Å². The van der Waals surface area contributed by atoms with Gasteiger partial charge in [0.05, 0.1) is 11.5 Å². The van der Waals surface area contributed by atoms with Crippen LogP contribution in [0.5, 0.6) is 0 Å². The maximum atomic E-state index is 11.1. The molecule has 0 aromatic carbocycles. The zero-order valence-electron chi connectivity index (χ0n) is 9.39. The lowest BCUT2D eigenvalue weighted by Crippen LogP contribution is -2.18. The summed E-state index contributed by atoms with van der Waals surface area (Å²) in [6, 6.07) is 0. The van der Waals surface area contributed by atoms with Gasteiger partial charge >= 0.3 is 11.9 Å². The number of carboxylic acids is 1. The third-order valence-electron chi connectivity index (χ3n) is 2.48. The first-order valence-electron chi connectivity index (χ1n) is 4.89. The number of carbonyl (C=O) groups excluding carboxylic acids is 1. The van der Waals surface area contributed by atoms with Crippen molar-refractivity contribution in [2.45, 2.75) is 45.6 Å². The number of aliphatic carboxylic acids is 1. The smallest absolute Gasteiger partial charge is 0.309 e. The third-order valence-corrected chi connectivity index (χ3v) is 2.48. The number of esters is 1. The molecule has 1 rings (SSSR count). The summed E-state index contributed by atoms with van der Waals surface area (Å²) in [6.45, 7) is 3.56. The highest BCUT2D eigenvalue weighted by molar-refractivity contribution is 5.85. The molecule has 1 aliphatic rings. The Balaban J connectivity index is 0. The van der Waals surface area contributed by atoms with Crippen molar-refractivity contribution in [2.75, 3.05) is 0 Å². The summed E-state index contributed by atoms with van der Waals surface area (Å²) in [7, 11) is 0. The van der Waals surface area contributed by atoms with E-state index in [1.54, 1.807) is 13.8 Å². The van der Waals surface area contributed by atoms with Gasteiger partial charge in [0.15, 0.2) is 0 Å². The molecular formula is C10H18Cl2O4. The van der Waals surface area contributed by atoms with Crippen LogP contribution in [0.25, 0.3) is 0 Å². The number of carbonyl (C=O) groups is 2. The second kappa shape index (κ2) is 6.97. The van der Waals surface area contributed by atoms with E-state index >= 15 is 0 Å². The molecule has 0 heterocycles. The highest BCUT2D eigenvalue weighted by Gasteiger charge is 2.49. The fraction of sp³-hybridized carbons (Fsp3) is 0.800. The predicted molar refractivity (Wildman–Crippen MR) is 64.3 cm³/mol. The minimum atomic E-state index is -0.783. The lowest BCUT2D eigenvalue weighted by Gasteiger charge is -2.10. The molecule has 0 unspecified atom stereocenters. The van der Waals surface area contributed by atoms with Crippen LogP contribution in [0.3, 0.4) is 0 Å². The fourth-order valence-electron chi connectivity index (χ4n) is 1.38. The molecule has 0 aromatic rings. The van der Waals surface area contributed by atoms with E-state index in [9.17, 15) is 9.59 Å². The van der Waals surface area contributed by atoms with Crippen molar-refractivity contribution in [3.8, 4) is 0 Å². The monoisotopic (exact) mass is 272 g/mol. The summed E-state index contributed by atoms with van der Waals surface area (Å²) in [5.74, 6) is -1.08. The summed E-state index contributed by atoms with van der Waals surface area (Å²) in [4.78, 5) is 21.9. The van der Waals surface area contributed by atoms with Gasteiger partial charge in [-0.15, -0.1) is 24.8 Å². The van der Waals surface area contributed by atoms with Gasteiger partial charge in [-0.2, -0.15) is 0 Å². The average Bonchev–Trinajstić information content (AvgIpc) is 2.79.